The van der Waals surface area contributed by atoms with E-state index in [0.717, 1.165) is 17.8 Å². The minimum atomic E-state index is -4.47. The van der Waals surface area contributed by atoms with Crippen molar-refractivity contribution in [1.29, 1.82) is 0 Å². The third-order valence-corrected chi connectivity index (χ3v) is 2.92. The normalized spacial score (nSPS) is 11.1. The number of hydrogen-bond donors (Lipinski definition) is 1. The van der Waals surface area contributed by atoms with E-state index in [1.54, 1.807) is 24.3 Å². The van der Waals surface area contributed by atoms with Crippen molar-refractivity contribution >= 4 is 11.7 Å². The van der Waals surface area contributed by atoms with Gasteiger partial charge in [-0.05, 0) is 29.8 Å². The molecule has 0 aliphatic heterocycles. The predicted octanol–water partition coefficient (Wildman–Crippen LogP) is 3.50. The van der Waals surface area contributed by atoms with E-state index < -0.39 is 17.8 Å². The first kappa shape index (κ1) is 15.8. The van der Waals surface area contributed by atoms with Gasteiger partial charge in [0.25, 0.3) is 0 Å². The molecule has 0 radical (unpaired) electrons. The zero-order valence-electron chi connectivity index (χ0n) is 11.6. The van der Waals surface area contributed by atoms with Crippen molar-refractivity contribution < 1.29 is 22.7 Å². The number of carbonyl (C=O) groups is 1. The Balaban J connectivity index is 2.03. The van der Waals surface area contributed by atoms with Gasteiger partial charge < -0.3 is 10.1 Å². The van der Waals surface area contributed by atoms with Crippen molar-refractivity contribution in [3.63, 3.8) is 0 Å². The van der Waals surface area contributed by atoms with Gasteiger partial charge in [0.05, 0.1) is 12.7 Å². The lowest BCUT2D eigenvalue weighted by Crippen LogP contribution is -2.09. The first-order chi connectivity index (χ1) is 10.4. The average molecular weight is 310 g/mol. The minimum absolute atomic E-state index is 0.319. The summed E-state index contributed by atoms with van der Waals surface area (Å²) >= 11 is 0. The monoisotopic (exact) mass is 310 g/mol. The summed E-state index contributed by atoms with van der Waals surface area (Å²) < 4.78 is 42.2. The summed E-state index contributed by atoms with van der Waals surface area (Å²) in [7, 11) is 1.29. The number of esters is 1. The molecule has 0 spiro atoms. The lowest BCUT2D eigenvalue weighted by atomic mass is 10.1. The van der Waals surface area contributed by atoms with Gasteiger partial charge in [-0.25, -0.2) is 4.79 Å². The Labute approximate surface area is 124 Å². The quantitative estimate of drug-likeness (QED) is 0.878. The number of hydrogen-bond acceptors (Lipinski definition) is 4. The number of pyridine rings is 1. The molecule has 0 aliphatic carbocycles. The number of anilines is 1. The molecule has 0 saturated heterocycles. The average Bonchev–Trinajstić information content (AvgIpc) is 2.52. The van der Waals surface area contributed by atoms with Crippen LogP contribution in [0.2, 0.25) is 0 Å². The molecule has 2 rings (SSSR count). The van der Waals surface area contributed by atoms with Gasteiger partial charge in [-0.15, -0.1) is 0 Å². The van der Waals surface area contributed by atoms with Crippen molar-refractivity contribution in [2.75, 3.05) is 12.4 Å². The molecule has 0 aliphatic rings. The van der Waals surface area contributed by atoms with Crippen molar-refractivity contribution in [1.82, 2.24) is 4.98 Å². The van der Waals surface area contributed by atoms with E-state index in [0.29, 0.717) is 17.8 Å². The second-order valence-electron chi connectivity index (χ2n) is 4.47. The standard InChI is InChI=1S/C15H13F3N2O2/c1-22-14(21)11-4-2-10(3-5-11)9-20-12-6-7-19-13(8-12)15(16,17)18/h2-8H,9H2,1H3,(H,19,20). The summed E-state index contributed by atoms with van der Waals surface area (Å²) in [6.07, 6.45) is -3.37. The van der Waals surface area contributed by atoms with Gasteiger partial charge in [0.2, 0.25) is 0 Å². The number of methoxy groups -OCH3 is 1. The largest absolute Gasteiger partial charge is 0.465 e. The third-order valence-electron chi connectivity index (χ3n) is 2.92. The van der Waals surface area contributed by atoms with Crippen LogP contribution >= 0.6 is 0 Å². The van der Waals surface area contributed by atoms with E-state index in [1.807, 2.05) is 0 Å². The Morgan fingerprint density at radius 3 is 2.50 bits per heavy atom. The summed E-state index contributed by atoms with van der Waals surface area (Å²) in [6, 6.07) is 8.99. The van der Waals surface area contributed by atoms with Crippen LogP contribution in [0.5, 0.6) is 0 Å². The molecule has 22 heavy (non-hydrogen) atoms. The first-order valence-corrected chi connectivity index (χ1v) is 6.34. The zero-order valence-corrected chi connectivity index (χ0v) is 11.6. The van der Waals surface area contributed by atoms with E-state index in [4.69, 9.17) is 0 Å². The Kier molecular flexibility index (Phi) is 4.65. The van der Waals surface area contributed by atoms with Crippen LogP contribution in [-0.4, -0.2) is 18.1 Å². The van der Waals surface area contributed by atoms with Crippen LogP contribution in [0.3, 0.4) is 0 Å². The van der Waals surface area contributed by atoms with Crippen LogP contribution in [0.1, 0.15) is 21.6 Å². The van der Waals surface area contributed by atoms with Crippen molar-refractivity contribution in [3.05, 3.63) is 59.4 Å². The highest BCUT2D eigenvalue weighted by molar-refractivity contribution is 5.89. The van der Waals surface area contributed by atoms with Crippen molar-refractivity contribution in [2.45, 2.75) is 12.7 Å². The fraction of sp³-hybridized carbons (Fsp3) is 0.200. The molecule has 2 aromatic rings. The lowest BCUT2D eigenvalue weighted by molar-refractivity contribution is -0.141. The minimum Gasteiger partial charge on any atom is -0.465 e. The van der Waals surface area contributed by atoms with Gasteiger partial charge in [-0.3, -0.25) is 4.98 Å². The number of alkyl halides is 3. The maximum Gasteiger partial charge on any atom is 0.433 e. The first-order valence-electron chi connectivity index (χ1n) is 6.34. The molecule has 0 fully saturated rings. The molecule has 7 heteroatoms. The van der Waals surface area contributed by atoms with Crippen molar-refractivity contribution in [2.24, 2.45) is 0 Å². The van der Waals surface area contributed by atoms with Crippen LogP contribution < -0.4 is 5.32 Å². The third kappa shape index (κ3) is 3.97. The zero-order chi connectivity index (χ0) is 16.2. The fourth-order valence-corrected chi connectivity index (χ4v) is 1.78. The molecule has 1 aromatic carbocycles. The molecule has 116 valence electrons. The number of ether oxygens (including phenoxy) is 1. The van der Waals surface area contributed by atoms with Gasteiger partial charge in [0.1, 0.15) is 5.69 Å². The number of nitrogens with one attached hydrogen (secondary N) is 1. The van der Waals surface area contributed by atoms with Crippen LogP contribution in [0, 0.1) is 0 Å². The summed E-state index contributed by atoms with van der Waals surface area (Å²) in [4.78, 5) is 14.6. The number of aromatic nitrogens is 1. The van der Waals surface area contributed by atoms with Crippen LogP contribution in [0.15, 0.2) is 42.6 Å². The molecular formula is C15H13F3N2O2. The SMILES string of the molecule is COC(=O)c1ccc(CNc2ccnc(C(F)(F)F)c2)cc1. The smallest absolute Gasteiger partial charge is 0.433 e. The highest BCUT2D eigenvalue weighted by Crippen LogP contribution is 2.28. The molecular weight excluding hydrogens is 297 g/mol. The van der Waals surface area contributed by atoms with Crippen LogP contribution in [0.25, 0.3) is 0 Å². The molecule has 0 unspecified atom stereocenters. The summed E-state index contributed by atoms with van der Waals surface area (Å²) in [5.41, 5.74) is 0.602. The van der Waals surface area contributed by atoms with Gasteiger partial charge in [-0.2, -0.15) is 13.2 Å². The number of benzene rings is 1. The maximum absolute atomic E-state index is 12.6. The van der Waals surface area contributed by atoms with E-state index in [2.05, 4.69) is 15.0 Å². The van der Waals surface area contributed by atoms with Gasteiger partial charge in [-0.1, -0.05) is 12.1 Å². The summed E-state index contributed by atoms with van der Waals surface area (Å²) in [5, 5.41) is 2.88. The molecule has 4 nitrogen and oxygen atoms in total. The van der Waals surface area contributed by atoms with Gasteiger partial charge in [0.15, 0.2) is 0 Å². The Morgan fingerprint density at radius 2 is 1.91 bits per heavy atom. The number of carbonyl (C=O) groups excluding carboxylic acids is 1. The molecule has 0 bridgehead atoms. The van der Waals surface area contributed by atoms with E-state index in [9.17, 15) is 18.0 Å². The van der Waals surface area contributed by atoms with E-state index in [1.165, 1.54) is 13.2 Å². The molecule has 1 aromatic heterocycles. The Bertz CT molecular complexity index is 655. The topological polar surface area (TPSA) is 51.2 Å². The van der Waals surface area contributed by atoms with E-state index >= 15 is 0 Å². The molecule has 0 saturated carbocycles. The van der Waals surface area contributed by atoms with Crippen LogP contribution in [-0.2, 0) is 17.5 Å². The lowest BCUT2D eigenvalue weighted by Gasteiger charge is -2.10. The summed E-state index contributed by atoms with van der Waals surface area (Å²) in [6.45, 7) is 0.322. The molecule has 1 heterocycles. The fourth-order valence-electron chi connectivity index (χ4n) is 1.78. The van der Waals surface area contributed by atoms with Crippen LogP contribution in [0.4, 0.5) is 18.9 Å². The maximum atomic E-state index is 12.6. The van der Waals surface area contributed by atoms with Crippen molar-refractivity contribution in [3.8, 4) is 0 Å². The second kappa shape index (κ2) is 6.46. The Morgan fingerprint density at radius 1 is 1.23 bits per heavy atom. The molecule has 0 atom stereocenters. The Hall–Kier alpha value is -2.57. The number of halogens is 3. The van der Waals surface area contributed by atoms with E-state index in [-0.39, 0.29) is 0 Å². The molecule has 1 N–H and O–H groups in total. The second-order valence-corrected chi connectivity index (χ2v) is 4.47. The summed E-state index contributed by atoms with van der Waals surface area (Å²) in [5.74, 6) is -0.441. The highest BCUT2D eigenvalue weighted by atomic mass is 19.4. The van der Waals surface area contributed by atoms with Gasteiger partial charge >= 0.3 is 12.1 Å². The van der Waals surface area contributed by atoms with Gasteiger partial charge in [0, 0.05) is 18.4 Å². The number of rotatable bonds is 4. The number of nitrogens with zero attached hydrogens (tertiary/aromatic N) is 1. The predicted molar refractivity (Wildman–Crippen MR) is 74.3 cm³/mol. The highest BCUT2D eigenvalue weighted by Gasteiger charge is 2.32. The molecule has 0 amide bonds.